The number of aromatic nitrogens is 2. The third-order valence-corrected chi connectivity index (χ3v) is 2.23. The first-order valence-corrected chi connectivity index (χ1v) is 5.54. The Labute approximate surface area is 101 Å². The minimum absolute atomic E-state index is 0.310. The highest BCUT2D eigenvalue weighted by Gasteiger charge is 2.04. The first-order chi connectivity index (χ1) is 7.75. The van der Waals surface area contributed by atoms with Crippen molar-refractivity contribution >= 4 is 17.2 Å². The minimum Gasteiger partial charge on any atom is -0.387 e. The van der Waals surface area contributed by atoms with Gasteiger partial charge in [0.1, 0.15) is 4.99 Å². The summed E-state index contributed by atoms with van der Waals surface area (Å²) >= 11 is 4.88. The Morgan fingerprint density at radius 1 is 1.50 bits per heavy atom. The fourth-order valence-corrected chi connectivity index (χ4v) is 1.46. The van der Waals surface area contributed by atoms with Gasteiger partial charge in [0.15, 0.2) is 5.82 Å². The van der Waals surface area contributed by atoms with Crippen molar-refractivity contribution in [1.29, 1.82) is 0 Å². The van der Waals surface area contributed by atoms with E-state index in [-0.39, 0.29) is 0 Å². The quantitative estimate of drug-likeness (QED) is 0.534. The summed E-state index contributed by atoms with van der Waals surface area (Å²) in [5, 5.41) is 0. The molecule has 16 heavy (non-hydrogen) atoms. The van der Waals surface area contributed by atoms with Crippen molar-refractivity contribution in [1.82, 2.24) is 9.55 Å². The molecule has 0 atom stereocenters. The van der Waals surface area contributed by atoms with E-state index < -0.39 is 0 Å². The normalized spacial score (nSPS) is 10.6. The number of hydrogen-bond donors (Lipinski definition) is 1. The average molecular weight is 243 g/mol. The molecule has 0 aliphatic rings. The topological polar surface area (TPSA) is 62.3 Å². The van der Waals surface area contributed by atoms with Crippen LogP contribution in [0.4, 0.5) is 0 Å². The first kappa shape index (κ1) is 13.1. The summed E-state index contributed by atoms with van der Waals surface area (Å²) in [6.45, 7) is 2.75. The number of imidazole rings is 1. The van der Waals surface area contributed by atoms with Gasteiger partial charge in [-0.2, -0.15) is 0 Å². The largest absolute Gasteiger partial charge is 0.387 e. The molecule has 0 aliphatic heterocycles. The second kappa shape index (κ2) is 7.32. The average Bonchev–Trinajstić information content (AvgIpc) is 2.71. The molecule has 0 aliphatic carbocycles. The molecule has 0 unspecified atom stereocenters. The molecule has 1 aromatic heterocycles. The summed E-state index contributed by atoms with van der Waals surface area (Å²) in [4.78, 5) is 4.37. The highest BCUT2D eigenvalue weighted by Crippen LogP contribution is 1.97. The zero-order chi connectivity index (χ0) is 11.8. The van der Waals surface area contributed by atoms with Crippen molar-refractivity contribution in [2.24, 2.45) is 5.73 Å². The lowest BCUT2D eigenvalue weighted by Gasteiger charge is -2.07. The molecule has 0 saturated heterocycles. The van der Waals surface area contributed by atoms with Crippen molar-refractivity contribution in [3.63, 3.8) is 0 Å². The van der Waals surface area contributed by atoms with Gasteiger partial charge in [0, 0.05) is 39.3 Å². The third-order valence-electron chi connectivity index (χ3n) is 2.05. The van der Waals surface area contributed by atoms with Crippen molar-refractivity contribution in [2.75, 3.05) is 26.9 Å². The molecule has 2 N–H and O–H groups in total. The number of ether oxygens (including phenoxy) is 2. The van der Waals surface area contributed by atoms with Gasteiger partial charge in [-0.25, -0.2) is 4.98 Å². The molecule has 0 saturated carbocycles. The van der Waals surface area contributed by atoms with Gasteiger partial charge in [-0.15, -0.1) is 0 Å². The summed E-state index contributed by atoms with van der Waals surface area (Å²) in [5.74, 6) is 0.635. The van der Waals surface area contributed by atoms with Crippen LogP contribution < -0.4 is 5.73 Å². The maximum Gasteiger partial charge on any atom is 0.167 e. The van der Waals surface area contributed by atoms with Crippen LogP contribution in [0.25, 0.3) is 0 Å². The van der Waals surface area contributed by atoms with Gasteiger partial charge >= 0.3 is 0 Å². The number of methoxy groups -OCH3 is 1. The molecule has 0 radical (unpaired) electrons. The number of nitrogens with zero attached hydrogens (tertiary/aromatic N) is 2. The molecule has 6 heteroatoms. The van der Waals surface area contributed by atoms with E-state index in [0.29, 0.717) is 30.6 Å². The number of rotatable bonds is 8. The Morgan fingerprint density at radius 3 is 3.00 bits per heavy atom. The Hall–Kier alpha value is -0.980. The maximum atomic E-state index is 5.52. The molecule has 1 rings (SSSR count). The zero-order valence-corrected chi connectivity index (χ0v) is 10.2. The van der Waals surface area contributed by atoms with E-state index in [0.717, 1.165) is 13.0 Å². The summed E-state index contributed by atoms with van der Waals surface area (Å²) in [6, 6.07) is 0. The Bertz CT molecular complexity index is 328. The predicted octanol–water partition coefficient (Wildman–Crippen LogP) is 0.570. The smallest absolute Gasteiger partial charge is 0.167 e. The molecule has 0 fully saturated rings. The van der Waals surface area contributed by atoms with E-state index in [1.165, 1.54) is 0 Å². The van der Waals surface area contributed by atoms with Gasteiger partial charge in [-0.1, -0.05) is 12.2 Å². The van der Waals surface area contributed by atoms with E-state index in [4.69, 9.17) is 27.4 Å². The van der Waals surface area contributed by atoms with E-state index in [1.807, 2.05) is 10.8 Å². The molecule has 0 amide bonds. The van der Waals surface area contributed by atoms with Crippen molar-refractivity contribution in [2.45, 2.75) is 13.0 Å². The standard InChI is InChI=1S/C10H17N3O2S/c1-14-6-2-7-15-8-5-13-4-3-12-10(13)9(11)16/h3-4H,2,5-8H2,1H3,(H2,11,16). The lowest BCUT2D eigenvalue weighted by Crippen LogP contribution is -2.18. The van der Waals surface area contributed by atoms with E-state index in [1.54, 1.807) is 13.3 Å². The van der Waals surface area contributed by atoms with Crippen LogP contribution in [0, 0.1) is 0 Å². The van der Waals surface area contributed by atoms with Crippen LogP contribution in [0.1, 0.15) is 12.2 Å². The van der Waals surface area contributed by atoms with Crippen LogP contribution in [0.2, 0.25) is 0 Å². The molecule has 1 aromatic rings. The summed E-state index contributed by atoms with van der Waals surface area (Å²) < 4.78 is 12.2. The van der Waals surface area contributed by atoms with Crippen LogP contribution >= 0.6 is 12.2 Å². The van der Waals surface area contributed by atoms with E-state index in [9.17, 15) is 0 Å². The molecular weight excluding hydrogens is 226 g/mol. The van der Waals surface area contributed by atoms with E-state index in [2.05, 4.69) is 4.98 Å². The summed E-state index contributed by atoms with van der Waals surface area (Å²) in [6.07, 6.45) is 4.43. The maximum absolute atomic E-state index is 5.52. The van der Waals surface area contributed by atoms with Crippen LogP contribution in [0.3, 0.4) is 0 Å². The fourth-order valence-electron chi connectivity index (χ4n) is 1.29. The molecule has 1 heterocycles. The highest BCUT2D eigenvalue weighted by molar-refractivity contribution is 7.80. The van der Waals surface area contributed by atoms with E-state index >= 15 is 0 Å². The van der Waals surface area contributed by atoms with Gasteiger partial charge in [0.25, 0.3) is 0 Å². The van der Waals surface area contributed by atoms with Gasteiger partial charge in [-0.05, 0) is 6.42 Å². The lowest BCUT2D eigenvalue weighted by atomic mass is 10.5. The minimum atomic E-state index is 0.310. The van der Waals surface area contributed by atoms with Gasteiger partial charge < -0.3 is 19.8 Å². The van der Waals surface area contributed by atoms with Crippen molar-refractivity contribution in [3.8, 4) is 0 Å². The van der Waals surface area contributed by atoms with Gasteiger partial charge in [-0.3, -0.25) is 0 Å². The van der Waals surface area contributed by atoms with Crippen LogP contribution in [-0.4, -0.2) is 41.5 Å². The SMILES string of the molecule is COCCCOCCn1ccnc1C(N)=S. The Kier molecular flexibility index (Phi) is 5.99. The van der Waals surface area contributed by atoms with Crippen molar-refractivity contribution < 1.29 is 9.47 Å². The third kappa shape index (κ3) is 4.26. The van der Waals surface area contributed by atoms with Gasteiger partial charge in [0.05, 0.1) is 6.61 Å². The highest BCUT2D eigenvalue weighted by atomic mass is 32.1. The number of hydrogen-bond acceptors (Lipinski definition) is 4. The second-order valence-corrected chi connectivity index (χ2v) is 3.71. The first-order valence-electron chi connectivity index (χ1n) is 5.13. The lowest BCUT2D eigenvalue weighted by molar-refractivity contribution is 0.0976. The van der Waals surface area contributed by atoms with Crippen LogP contribution in [-0.2, 0) is 16.0 Å². The predicted molar refractivity (Wildman–Crippen MR) is 65.4 cm³/mol. The molecule has 0 spiro atoms. The fraction of sp³-hybridized carbons (Fsp3) is 0.600. The Morgan fingerprint density at radius 2 is 2.31 bits per heavy atom. The molecule has 0 aromatic carbocycles. The summed E-state index contributed by atoms with van der Waals surface area (Å²) in [7, 11) is 1.68. The molecule has 0 bridgehead atoms. The van der Waals surface area contributed by atoms with Crippen LogP contribution in [0.5, 0.6) is 0 Å². The molecule has 90 valence electrons. The van der Waals surface area contributed by atoms with Crippen LogP contribution in [0.15, 0.2) is 12.4 Å². The molecule has 5 nitrogen and oxygen atoms in total. The monoisotopic (exact) mass is 243 g/mol. The second-order valence-electron chi connectivity index (χ2n) is 3.27. The Balaban J connectivity index is 2.21. The number of thiocarbonyl (C=S) groups is 1. The summed E-state index contributed by atoms with van der Waals surface area (Å²) in [5.41, 5.74) is 5.52. The van der Waals surface area contributed by atoms with Crippen molar-refractivity contribution in [3.05, 3.63) is 18.2 Å². The number of nitrogens with two attached hydrogens (primary N) is 1. The van der Waals surface area contributed by atoms with Gasteiger partial charge in [0.2, 0.25) is 0 Å². The molecular formula is C10H17N3O2S. The zero-order valence-electron chi connectivity index (χ0n) is 9.39.